The van der Waals surface area contributed by atoms with Crippen molar-refractivity contribution < 1.29 is 4.79 Å². The van der Waals surface area contributed by atoms with Crippen LogP contribution in [-0.4, -0.2) is 10.6 Å². The zero-order chi connectivity index (χ0) is 12.5. The fourth-order valence-corrected chi connectivity index (χ4v) is 2.77. The lowest BCUT2D eigenvalue weighted by atomic mass is 9.88. The van der Waals surface area contributed by atoms with Gasteiger partial charge in [0.25, 0.3) is 0 Å². The molecule has 0 saturated heterocycles. The fraction of sp³-hybridized carbons (Fsp3) is 0.250. The van der Waals surface area contributed by atoms with E-state index in [0.29, 0.717) is 4.86 Å². The van der Waals surface area contributed by atoms with Crippen molar-refractivity contribution in [3.8, 4) is 0 Å². The van der Waals surface area contributed by atoms with Crippen LogP contribution in [-0.2, 0) is 17.6 Å². The summed E-state index contributed by atoms with van der Waals surface area (Å²) in [5.74, 6) is 0.0671. The summed E-state index contributed by atoms with van der Waals surface area (Å²) < 4.78 is 0. The third-order valence-corrected chi connectivity index (χ3v) is 4.11. The highest BCUT2D eigenvalue weighted by Gasteiger charge is 2.22. The molecule has 2 heteroatoms. The first kappa shape index (κ1) is 11.5. The standard InChI is InChI=1S/C16H14OS/c17-15-13-7-5-11-1-3-12(4-2-11)6-8-14(10-9-13)16(15)18/h1-4,9-10H,5-8H2. The summed E-state index contributed by atoms with van der Waals surface area (Å²) >= 11 is 5.28. The third-order valence-electron chi connectivity index (χ3n) is 3.66. The number of hydrogen-bond acceptors (Lipinski definition) is 2. The van der Waals surface area contributed by atoms with Crippen molar-refractivity contribution in [2.75, 3.05) is 0 Å². The topological polar surface area (TPSA) is 17.1 Å². The van der Waals surface area contributed by atoms with Gasteiger partial charge in [0.15, 0.2) is 5.78 Å². The molecule has 0 fully saturated rings. The molecule has 0 aromatic heterocycles. The Balaban J connectivity index is 2.00. The molecule has 0 unspecified atom stereocenters. The van der Waals surface area contributed by atoms with Crippen LogP contribution < -0.4 is 0 Å². The van der Waals surface area contributed by atoms with Crippen LogP contribution >= 0.6 is 12.2 Å². The predicted octanol–water partition coefficient (Wildman–Crippen LogP) is 3.37. The molecule has 0 spiro atoms. The van der Waals surface area contributed by atoms with Gasteiger partial charge < -0.3 is 0 Å². The van der Waals surface area contributed by atoms with Crippen molar-refractivity contribution in [1.29, 1.82) is 0 Å². The van der Waals surface area contributed by atoms with E-state index in [2.05, 4.69) is 24.3 Å². The second kappa shape index (κ2) is 4.62. The van der Waals surface area contributed by atoms with Gasteiger partial charge in [-0.25, -0.2) is 0 Å². The molecule has 0 radical (unpaired) electrons. The monoisotopic (exact) mass is 254 g/mol. The minimum absolute atomic E-state index is 0.0671. The Morgan fingerprint density at radius 1 is 0.778 bits per heavy atom. The molecule has 1 nitrogen and oxygen atoms in total. The number of allylic oxidation sites excluding steroid dienone is 4. The summed E-state index contributed by atoms with van der Waals surface area (Å²) in [4.78, 5) is 12.7. The maximum Gasteiger partial charge on any atom is 0.200 e. The molecular formula is C16H14OS. The molecule has 18 heavy (non-hydrogen) atoms. The number of Topliss-reactive ketones (excluding diaryl/α,β-unsaturated/α-hetero) is 1. The summed E-state index contributed by atoms with van der Waals surface area (Å²) in [6.07, 6.45) is 7.48. The summed E-state index contributed by atoms with van der Waals surface area (Å²) in [5, 5.41) is 0. The highest BCUT2D eigenvalue weighted by Crippen LogP contribution is 2.23. The lowest BCUT2D eigenvalue weighted by molar-refractivity contribution is -0.109. The van der Waals surface area contributed by atoms with Gasteiger partial charge in [-0.05, 0) is 42.4 Å². The quantitative estimate of drug-likeness (QED) is 0.660. The Morgan fingerprint density at radius 3 is 1.89 bits per heavy atom. The van der Waals surface area contributed by atoms with Gasteiger partial charge in [0.2, 0.25) is 0 Å². The van der Waals surface area contributed by atoms with Crippen LogP contribution in [0.4, 0.5) is 0 Å². The number of rotatable bonds is 0. The maximum atomic E-state index is 12.1. The van der Waals surface area contributed by atoms with E-state index in [-0.39, 0.29) is 5.78 Å². The van der Waals surface area contributed by atoms with Crippen LogP contribution in [0.2, 0.25) is 0 Å². The van der Waals surface area contributed by atoms with Gasteiger partial charge in [0.1, 0.15) is 0 Å². The molecular weight excluding hydrogens is 240 g/mol. The Kier molecular flexibility index (Phi) is 2.96. The fourth-order valence-electron chi connectivity index (χ4n) is 2.47. The zero-order valence-corrected chi connectivity index (χ0v) is 10.9. The van der Waals surface area contributed by atoms with Crippen LogP contribution in [0, 0.1) is 0 Å². The third kappa shape index (κ3) is 2.08. The summed E-state index contributed by atoms with van der Waals surface area (Å²) in [5.41, 5.74) is 4.47. The van der Waals surface area contributed by atoms with E-state index in [1.54, 1.807) is 0 Å². The minimum Gasteiger partial charge on any atom is -0.288 e. The second-order valence-electron chi connectivity index (χ2n) is 4.86. The van der Waals surface area contributed by atoms with Gasteiger partial charge in [0.05, 0.1) is 4.86 Å². The van der Waals surface area contributed by atoms with Gasteiger partial charge in [-0.15, -0.1) is 0 Å². The van der Waals surface area contributed by atoms with Crippen molar-refractivity contribution in [1.82, 2.24) is 0 Å². The van der Waals surface area contributed by atoms with E-state index >= 15 is 0 Å². The van der Waals surface area contributed by atoms with E-state index in [1.807, 2.05) is 12.2 Å². The largest absolute Gasteiger partial charge is 0.288 e. The molecule has 6 rings (SSSR count). The van der Waals surface area contributed by atoms with E-state index in [0.717, 1.165) is 36.8 Å². The molecule has 0 N–H and O–H groups in total. The number of thiocarbonyl (C=S) groups is 1. The molecule has 0 heterocycles. The van der Waals surface area contributed by atoms with Crippen LogP contribution in [0.5, 0.6) is 0 Å². The number of aryl methyl sites for hydroxylation is 2. The average molecular weight is 254 g/mol. The number of carbonyl (C=O) groups excluding carboxylic acids is 1. The van der Waals surface area contributed by atoms with Crippen LogP contribution in [0.15, 0.2) is 47.6 Å². The maximum absolute atomic E-state index is 12.1. The Bertz CT molecular complexity index is 523. The smallest absolute Gasteiger partial charge is 0.200 e. The molecule has 5 aliphatic rings. The van der Waals surface area contributed by atoms with Gasteiger partial charge >= 0.3 is 0 Å². The number of hydrogen-bond donors (Lipinski definition) is 0. The van der Waals surface area contributed by atoms with Crippen molar-refractivity contribution in [3.63, 3.8) is 0 Å². The Labute approximate surface area is 112 Å². The first-order valence-corrected chi connectivity index (χ1v) is 6.71. The van der Waals surface area contributed by atoms with E-state index in [4.69, 9.17) is 12.2 Å². The minimum atomic E-state index is 0.0671. The van der Waals surface area contributed by atoms with E-state index < -0.39 is 0 Å². The number of ketones is 1. The summed E-state index contributed by atoms with van der Waals surface area (Å²) in [6, 6.07) is 8.71. The van der Waals surface area contributed by atoms with Crippen LogP contribution in [0.1, 0.15) is 24.0 Å². The number of benzene rings is 1. The Hall–Kier alpha value is -1.54. The van der Waals surface area contributed by atoms with Crippen molar-refractivity contribution >= 4 is 22.9 Å². The lowest BCUT2D eigenvalue weighted by Gasteiger charge is -2.16. The molecule has 0 saturated carbocycles. The molecule has 0 amide bonds. The number of carbonyl (C=O) groups is 1. The second-order valence-corrected chi connectivity index (χ2v) is 5.27. The van der Waals surface area contributed by atoms with Crippen LogP contribution in [0.3, 0.4) is 0 Å². The van der Waals surface area contributed by atoms with Gasteiger partial charge in [-0.1, -0.05) is 48.6 Å². The first-order valence-electron chi connectivity index (χ1n) is 6.30. The van der Waals surface area contributed by atoms with Crippen LogP contribution in [0.25, 0.3) is 0 Å². The normalized spacial score (nSPS) is 19.1. The van der Waals surface area contributed by atoms with Crippen molar-refractivity contribution in [2.24, 2.45) is 0 Å². The molecule has 5 aliphatic carbocycles. The van der Waals surface area contributed by atoms with E-state index in [1.165, 1.54) is 11.1 Å². The SMILES string of the molecule is O=C1C(=S)C2=CC=C1CCc1ccc(cc1)CC2. The molecule has 1 aromatic rings. The average Bonchev–Trinajstić information content (AvgIpc) is 2.38. The van der Waals surface area contributed by atoms with E-state index in [9.17, 15) is 4.79 Å². The first-order chi connectivity index (χ1) is 8.74. The van der Waals surface area contributed by atoms with Crippen molar-refractivity contribution in [3.05, 3.63) is 58.7 Å². The Morgan fingerprint density at radius 2 is 1.28 bits per heavy atom. The highest BCUT2D eigenvalue weighted by atomic mass is 32.1. The molecule has 90 valence electrons. The summed E-state index contributed by atoms with van der Waals surface area (Å²) in [7, 11) is 0. The lowest BCUT2D eigenvalue weighted by Crippen LogP contribution is -2.20. The molecule has 0 atom stereocenters. The van der Waals surface area contributed by atoms with Gasteiger partial charge in [-0.3, -0.25) is 4.79 Å². The molecule has 0 aliphatic heterocycles. The van der Waals surface area contributed by atoms with Gasteiger partial charge in [-0.2, -0.15) is 0 Å². The van der Waals surface area contributed by atoms with Crippen molar-refractivity contribution in [2.45, 2.75) is 25.7 Å². The molecule has 1 aromatic carbocycles. The highest BCUT2D eigenvalue weighted by molar-refractivity contribution is 7.82. The predicted molar refractivity (Wildman–Crippen MR) is 76.9 cm³/mol. The zero-order valence-electron chi connectivity index (χ0n) is 10.1. The van der Waals surface area contributed by atoms with Gasteiger partial charge in [0, 0.05) is 5.57 Å². The summed E-state index contributed by atoms with van der Waals surface area (Å²) in [6.45, 7) is 0. The molecule has 4 bridgehead atoms.